The minimum absolute atomic E-state index is 0.0494. The van der Waals surface area contributed by atoms with E-state index in [0.717, 1.165) is 5.69 Å². The zero-order chi connectivity index (χ0) is 13.7. The molecule has 2 aromatic rings. The van der Waals surface area contributed by atoms with Gasteiger partial charge in [-0.1, -0.05) is 30.4 Å². The van der Waals surface area contributed by atoms with E-state index < -0.39 is 5.97 Å². The van der Waals surface area contributed by atoms with Gasteiger partial charge in [0.1, 0.15) is 12.2 Å². The van der Waals surface area contributed by atoms with Gasteiger partial charge in [-0.25, -0.2) is 9.48 Å². The predicted molar refractivity (Wildman–Crippen MR) is 70.8 cm³/mol. The number of nitrogens with zero attached hydrogens (tertiary/aromatic N) is 2. The summed E-state index contributed by atoms with van der Waals surface area (Å²) in [5, 5.41) is 13.2. The maximum absolute atomic E-state index is 11.1. The molecule has 1 heterocycles. The minimum Gasteiger partial charge on any atom is -0.477 e. The molecule has 0 saturated carbocycles. The highest BCUT2D eigenvalue weighted by atomic mass is 16.5. The van der Waals surface area contributed by atoms with E-state index in [1.165, 1.54) is 10.9 Å². The monoisotopic (exact) mass is 258 g/mol. The molecule has 1 aromatic heterocycles. The summed E-state index contributed by atoms with van der Waals surface area (Å²) < 4.78 is 6.98. The molecule has 0 radical (unpaired) electrons. The molecular formula is C14H14N2O3. The first-order valence-corrected chi connectivity index (χ1v) is 5.84. The second-order valence-electron chi connectivity index (χ2n) is 3.80. The first-order chi connectivity index (χ1) is 9.24. The van der Waals surface area contributed by atoms with Gasteiger partial charge >= 0.3 is 5.97 Å². The molecule has 0 atom stereocenters. The number of ether oxygens (including phenoxy) is 1. The third-order valence-electron chi connectivity index (χ3n) is 2.51. The Morgan fingerprint density at radius 2 is 2.16 bits per heavy atom. The van der Waals surface area contributed by atoms with Crippen LogP contribution in [0, 0.1) is 0 Å². The number of carboxylic acids is 1. The molecule has 0 spiro atoms. The summed E-state index contributed by atoms with van der Waals surface area (Å²) in [6, 6.07) is 9.26. The van der Waals surface area contributed by atoms with Crippen molar-refractivity contribution in [3.05, 3.63) is 54.2 Å². The molecular weight excluding hydrogens is 244 g/mol. The highest BCUT2D eigenvalue weighted by molar-refractivity contribution is 5.90. The van der Waals surface area contributed by atoms with Gasteiger partial charge in [-0.15, -0.1) is 0 Å². The number of para-hydroxylation sites is 1. The van der Waals surface area contributed by atoms with E-state index in [1.54, 1.807) is 6.08 Å². The maximum Gasteiger partial charge on any atom is 0.342 e. The molecule has 0 aliphatic carbocycles. The van der Waals surface area contributed by atoms with Crippen LogP contribution >= 0.6 is 0 Å². The van der Waals surface area contributed by atoms with Crippen LogP contribution < -0.4 is 4.74 Å². The van der Waals surface area contributed by atoms with Crippen molar-refractivity contribution in [2.75, 3.05) is 6.61 Å². The molecule has 5 nitrogen and oxygen atoms in total. The Bertz CT molecular complexity index is 588. The van der Waals surface area contributed by atoms with Crippen LogP contribution in [0.4, 0.5) is 0 Å². The van der Waals surface area contributed by atoms with Crippen LogP contribution in [-0.4, -0.2) is 27.5 Å². The topological polar surface area (TPSA) is 64.3 Å². The Labute approximate surface area is 110 Å². The third-order valence-corrected chi connectivity index (χ3v) is 2.51. The SMILES string of the molecule is C/C=C/COc1c(C(=O)O)cnn1-c1ccccc1. The Kier molecular flexibility index (Phi) is 3.97. The lowest BCUT2D eigenvalue weighted by Crippen LogP contribution is -2.06. The molecule has 98 valence electrons. The normalized spacial score (nSPS) is 10.8. The second kappa shape index (κ2) is 5.86. The fourth-order valence-corrected chi connectivity index (χ4v) is 1.60. The van der Waals surface area contributed by atoms with Crippen molar-refractivity contribution in [1.29, 1.82) is 0 Å². The Balaban J connectivity index is 2.41. The number of hydrogen-bond donors (Lipinski definition) is 1. The van der Waals surface area contributed by atoms with E-state index in [4.69, 9.17) is 9.84 Å². The Hall–Kier alpha value is -2.56. The lowest BCUT2D eigenvalue weighted by atomic mass is 10.3. The smallest absolute Gasteiger partial charge is 0.342 e. The van der Waals surface area contributed by atoms with Crippen LogP contribution in [0.2, 0.25) is 0 Å². The molecule has 2 rings (SSSR count). The molecule has 0 amide bonds. The van der Waals surface area contributed by atoms with Crippen LogP contribution in [0.5, 0.6) is 5.88 Å². The van der Waals surface area contributed by atoms with Crippen LogP contribution in [0.15, 0.2) is 48.7 Å². The number of carboxylic acid groups (broad SMARTS) is 1. The highest BCUT2D eigenvalue weighted by Crippen LogP contribution is 2.22. The number of aromatic nitrogens is 2. The average Bonchev–Trinajstić information content (AvgIpc) is 2.84. The molecule has 0 fully saturated rings. The van der Waals surface area contributed by atoms with E-state index in [0.29, 0.717) is 6.61 Å². The molecule has 0 unspecified atom stereocenters. The fourth-order valence-electron chi connectivity index (χ4n) is 1.60. The summed E-state index contributed by atoms with van der Waals surface area (Å²) in [7, 11) is 0. The van der Waals surface area contributed by atoms with Gasteiger partial charge in [0.25, 0.3) is 0 Å². The zero-order valence-corrected chi connectivity index (χ0v) is 10.5. The zero-order valence-electron chi connectivity index (χ0n) is 10.5. The van der Waals surface area contributed by atoms with Gasteiger partial charge in [-0.2, -0.15) is 5.10 Å². The number of allylic oxidation sites excluding steroid dienone is 1. The number of rotatable bonds is 5. The van der Waals surface area contributed by atoms with Crippen molar-refractivity contribution in [1.82, 2.24) is 9.78 Å². The molecule has 1 N–H and O–H groups in total. The summed E-state index contributed by atoms with van der Waals surface area (Å²) in [6.45, 7) is 2.17. The van der Waals surface area contributed by atoms with E-state index in [9.17, 15) is 4.79 Å². The van der Waals surface area contributed by atoms with Crippen molar-refractivity contribution < 1.29 is 14.6 Å². The molecule has 5 heteroatoms. The molecule has 0 aliphatic rings. The van der Waals surface area contributed by atoms with E-state index >= 15 is 0 Å². The number of hydrogen-bond acceptors (Lipinski definition) is 3. The van der Waals surface area contributed by atoms with Gasteiger partial charge in [0.05, 0.1) is 11.9 Å². The van der Waals surface area contributed by atoms with E-state index in [-0.39, 0.29) is 11.4 Å². The van der Waals surface area contributed by atoms with E-state index in [2.05, 4.69) is 5.10 Å². The molecule has 0 bridgehead atoms. The Morgan fingerprint density at radius 3 is 2.79 bits per heavy atom. The van der Waals surface area contributed by atoms with Crippen molar-refractivity contribution in [2.24, 2.45) is 0 Å². The van der Waals surface area contributed by atoms with Crippen molar-refractivity contribution in [2.45, 2.75) is 6.92 Å². The summed E-state index contributed by atoms with van der Waals surface area (Å²) in [5.41, 5.74) is 0.804. The van der Waals surface area contributed by atoms with Crippen LogP contribution in [0.25, 0.3) is 5.69 Å². The first kappa shape index (κ1) is 12.9. The third kappa shape index (κ3) is 2.82. The lowest BCUT2D eigenvalue weighted by Gasteiger charge is -2.08. The van der Waals surface area contributed by atoms with Crippen molar-refractivity contribution in [3.8, 4) is 11.6 Å². The quantitative estimate of drug-likeness (QED) is 0.837. The van der Waals surface area contributed by atoms with Gasteiger partial charge in [0.2, 0.25) is 5.88 Å². The fraction of sp³-hybridized carbons (Fsp3) is 0.143. The average molecular weight is 258 g/mol. The predicted octanol–water partition coefficient (Wildman–Crippen LogP) is 2.53. The summed E-state index contributed by atoms with van der Waals surface area (Å²) in [5.74, 6) is -0.825. The number of benzene rings is 1. The minimum atomic E-state index is -1.06. The van der Waals surface area contributed by atoms with E-state index in [1.807, 2.05) is 43.3 Å². The Morgan fingerprint density at radius 1 is 1.42 bits per heavy atom. The number of carbonyl (C=O) groups is 1. The van der Waals surface area contributed by atoms with Crippen LogP contribution in [0.3, 0.4) is 0 Å². The summed E-state index contributed by atoms with van der Waals surface area (Å²) in [6.07, 6.45) is 4.93. The molecule has 0 aliphatic heterocycles. The highest BCUT2D eigenvalue weighted by Gasteiger charge is 2.18. The van der Waals surface area contributed by atoms with Crippen LogP contribution in [0.1, 0.15) is 17.3 Å². The molecule has 1 aromatic carbocycles. The second-order valence-corrected chi connectivity index (χ2v) is 3.80. The van der Waals surface area contributed by atoms with Gasteiger partial charge in [0.15, 0.2) is 0 Å². The maximum atomic E-state index is 11.1. The van der Waals surface area contributed by atoms with Crippen molar-refractivity contribution in [3.63, 3.8) is 0 Å². The van der Waals surface area contributed by atoms with Crippen molar-refractivity contribution >= 4 is 5.97 Å². The van der Waals surface area contributed by atoms with Gasteiger partial charge in [-0.05, 0) is 19.1 Å². The van der Waals surface area contributed by atoms with Gasteiger partial charge in [0, 0.05) is 0 Å². The van der Waals surface area contributed by atoms with Gasteiger partial charge in [-0.3, -0.25) is 0 Å². The summed E-state index contributed by atoms with van der Waals surface area (Å²) in [4.78, 5) is 11.1. The first-order valence-electron chi connectivity index (χ1n) is 5.84. The summed E-state index contributed by atoms with van der Waals surface area (Å²) >= 11 is 0. The van der Waals surface area contributed by atoms with Crippen LogP contribution in [-0.2, 0) is 0 Å². The standard InChI is InChI=1S/C14H14N2O3/c1-2-3-9-19-13-12(14(17)18)10-15-16(13)11-7-5-4-6-8-11/h2-8,10H,9H2,1H3,(H,17,18)/b3-2+. The number of aromatic carboxylic acids is 1. The molecule has 19 heavy (non-hydrogen) atoms. The van der Waals surface area contributed by atoms with Gasteiger partial charge < -0.3 is 9.84 Å². The largest absolute Gasteiger partial charge is 0.477 e. The molecule has 0 saturated heterocycles. The lowest BCUT2D eigenvalue weighted by molar-refractivity contribution is 0.0692.